The van der Waals surface area contributed by atoms with Gasteiger partial charge in [-0.15, -0.1) is 5.10 Å². The molecule has 2 rings (SSSR count). The summed E-state index contributed by atoms with van der Waals surface area (Å²) in [5, 5.41) is 9.11. The van der Waals surface area contributed by atoms with Gasteiger partial charge in [-0.05, 0) is 80.9 Å². The van der Waals surface area contributed by atoms with E-state index in [-0.39, 0.29) is 0 Å². The van der Waals surface area contributed by atoms with Gasteiger partial charge in [-0.2, -0.15) is 0 Å². The third-order valence-corrected chi connectivity index (χ3v) is 5.73. The minimum Gasteiger partial charge on any atom is -0.496 e. The Kier molecular flexibility index (Phi) is 11.4. The van der Waals surface area contributed by atoms with E-state index in [1.807, 2.05) is 24.3 Å². The van der Waals surface area contributed by atoms with Crippen LogP contribution >= 0.6 is 0 Å². The van der Waals surface area contributed by atoms with Crippen LogP contribution in [0.15, 0.2) is 71.6 Å². The topological polar surface area (TPSA) is 115 Å². The van der Waals surface area contributed by atoms with Crippen molar-refractivity contribution in [1.29, 1.82) is 0 Å². The Morgan fingerprint density at radius 2 is 1.88 bits per heavy atom. The van der Waals surface area contributed by atoms with Gasteiger partial charge in [0.2, 0.25) is 0 Å². The van der Waals surface area contributed by atoms with Crippen molar-refractivity contribution < 1.29 is 4.74 Å². The number of allylic oxidation sites excluding steroid dienone is 6. The number of nitrogens with two attached hydrogens (primary N) is 3. The maximum absolute atomic E-state index is 6.19. The summed E-state index contributed by atoms with van der Waals surface area (Å²) in [5.74, 6) is 7.66. The number of benzene rings is 1. The van der Waals surface area contributed by atoms with Gasteiger partial charge < -0.3 is 21.5 Å². The molecule has 1 heterocycles. The van der Waals surface area contributed by atoms with Gasteiger partial charge in [0, 0.05) is 5.56 Å². The summed E-state index contributed by atoms with van der Waals surface area (Å²) in [4.78, 5) is 0. The molecule has 7 nitrogen and oxygen atoms in total. The number of nitrogens with zero attached hydrogens (tertiary/aromatic N) is 2. The summed E-state index contributed by atoms with van der Waals surface area (Å²) >= 11 is 0. The second-order valence-corrected chi connectivity index (χ2v) is 8.18. The molecule has 0 aliphatic carbocycles. The Morgan fingerprint density at radius 1 is 1.21 bits per heavy atom. The highest BCUT2D eigenvalue weighted by atomic mass is 16.5. The first-order valence-electron chi connectivity index (χ1n) is 11.6. The standard InChI is InChI=1S/C26H40N6O/c1-4-5-8-25(33-3)20(2)24(19-21-13-16-30-17-14-21)22-9-11-23(12-10-22)26(28)31-32(29)18-7-6-15-27/h4-5,8-12,19,21,30H,1,6-7,13-18,27,29H2,2-3H3,(H2,28,31)/b8-5-,24-19+,25-20-. The number of rotatable bonds is 12. The normalized spacial score (nSPS) is 16.6. The predicted molar refractivity (Wildman–Crippen MR) is 139 cm³/mol. The highest BCUT2D eigenvalue weighted by molar-refractivity contribution is 5.97. The predicted octanol–water partition coefficient (Wildman–Crippen LogP) is 3.27. The van der Waals surface area contributed by atoms with Crippen LogP contribution in [-0.4, -0.2) is 44.2 Å². The molecule has 1 saturated heterocycles. The van der Waals surface area contributed by atoms with Crippen molar-refractivity contribution in [3.05, 3.63) is 77.6 Å². The lowest BCUT2D eigenvalue weighted by molar-refractivity contribution is 0.292. The van der Waals surface area contributed by atoms with Gasteiger partial charge in [-0.1, -0.05) is 49.1 Å². The lowest BCUT2D eigenvalue weighted by Gasteiger charge is -2.22. The van der Waals surface area contributed by atoms with E-state index in [9.17, 15) is 0 Å². The molecule has 1 aliphatic rings. The Balaban J connectivity index is 2.33. The van der Waals surface area contributed by atoms with Gasteiger partial charge in [-0.3, -0.25) is 0 Å². The van der Waals surface area contributed by atoms with Crippen molar-refractivity contribution in [2.75, 3.05) is 33.3 Å². The Hall–Kier alpha value is -2.87. The number of hydrazone groups is 1. The summed E-state index contributed by atoms with van der Waals surface area (Å²) < 4.78 is 5.68. The molecule has 0 radical (unpaired) electrons. The third-order valence-electron chi connectivity index (χ3n) is 5.73. The summed E-state index contributed by atoms with van der Waals surface area (Å²) in [6.07, 6.45) is 12.0. The molecule has 1 fully saturated rings. The molecule has 0 aromatic heterocycles. The first kappa shape index (κ1) is 26.4. The van der Waals surface area contributed by atoms with Crippen LogP contribution < -0.4 is 22.6 Å². The summed E-state index contributed by atoms with van der Waals surface area (Å²) in [7, 11) is 1.70. The maximum Gasteiger partial charge on any atom is 0.152 e. The van der Waals surface area contributed by atoms with Crippen molar-refractivity contribution in [2.24, 2.45) is 28.3 Å². The zero-order valence-corrected chi connectivity index (χ0v) is 20.1. The fourth-order valence-corrected chi connectivity index (χ4v) is 3.80. The molecule has 0 spiro atoms. The molecule has 0 unspecified atom stereocenters. The second kappa shape index (κ2) is 14.3. The van der Waals surface area contributed by atoms with E-state index in [0.29, 0.717) is 24.8 Å². The van der Waals surface area contributed by atoms with Crippen LogP contribution in [-0.2, 0) is 4.74 Å². The maximum atomic E-state index is 6.19. The quantitative estimate of drug-likeness (QED) is 0.0736. The molecule has 1 aromatic rings. The first-order chi connectivity index (χ1) is 16.0. The molecule has 0 saturated carbocycles. The van der Waals surface area contributed by atoms with Crippen molar-refractivity contribution >= 4 is 11.4 Å². The molecule has 0 atom stereocenters. The smallest absolute Gasteiger partial charge is 0.152 e. The zero-order valence-electron chi connectivity index (χ0n) is 20.1. The number of hydrogen-bond donors (Lipinski definition) is 4. The molecule has 1 aliphatic heterocycles. The van der Waals surface area contributed by atoms with E-state index in [4.69, 9.17) is 22.0 Å². The van der Waals surface area contributed by atoms with E-state index < -0.39 is 0 Å². The Morgan fingerprint density at radius 3 is 2.48 bits per heavy atom. The monoisotopic (exact) mass is 452 g/mol. The lowest BCUT2D eigenvalue weighted by atomic mass is 9.89. The largest absolute Gasteiger partial charge is 0.496 e. The SMILES string of the molecule is C=C\C=C/C(OC)=C(C)/C(=C\C1CCNCC1)c1ccc(/C(N)=N/N(N)CCCCN)cc1. The highest BCUT2D eigenvalue weighted by Gasteiger charge is 2.16. The summed E-state index contributed by atoms with van der Waals surface area (Å²) in [6.45, 7) is 9.19. The van der Waals surface area contributed by atoms with Crippen LogP contribution in [0.1, 0.15) is 43.7 Å². The van der Waals surface area contributed by atoms with Gasteiger partial charge in [0.1, 0.15) is 5.76 Å². The number of amidine groups is 1. The number of hydrogen-bond acceptors (Lipinski definition) is 6. The molecular weight excluding hydrogens is 412 g/mol. The first-order valence-corrected chi connectivity index (χ1v) is 11.6. The van der Waals surface area contributed by atoms with E-state index in [1.165, 1.54) is 5.12 Å². The molecule has 7 heteroatoms. The van der Waals surface area contributed by atoms with Gasteiger partial charge in [-0.25, -0.2) is 11.0 Å². The number of ether oxygens (including phenoxy) is 1. The number of unbranched alkanes of at least 4 members (excludes halogenated alkanes) is 1. The molecule has 0 bridgehead atoms. The zero-order chi connectivity index (χ0) is 24.1. The molecule has 7 N–H and O–H groups in total. The lowest BCUT2D eigenvalue weighted by Crippen LogP contribution is -2.30. The number of piperidine rings is 1. The van der Waals surface area contributed by atoms with E-state index >= 15 is 0 Å². The minimum absolute atomic E-state index is 0.388. The summed E-state index contributed by atoms with van der Waals surface area (Å²) in [5.41, 5.74) is 15.9. The van der Waals surface area contributed by atoms with Crippen LogP contribution in [0.4, 0.5) is 0 Å². The fraction of sp³-hybridized carbons (Fsp3) is 0.423. The van der Waals surface area contributed by atoms with Gasteiger partial charge in [0.15, 0.2) is 5.84 Å². The van der Waals surface area contributed by atoms with Crippen LogP contribution in [0.3, 0.4) is 0 Å². The highest BCUT2D eigenvalue weighted by Crippen LogP contribution is 2.30. The van der Waals surface area contributed by atoms with E-state index in [1.54, 1.807) is 13.2 Å². The van der Waals surface area contributed by atoms with Gasteiger partial charge in [0.25, 0.3) is 0 Å². The van der Waals surface area contributed by atoms with E-state index in [0.717, 1.165) is 66.8 Å². The van der Waals surface area contributed by atoms with Crippen molar-refractivity contribution in [1.82, 2.24) is 10.4 Å². The van der Waals surface area contributed by atoms with Crippen LogP contribution in [0.2, 0.25) is 0 Å². The Labute approximate surface area is 198 Å². The number of methoxy groups -OCH3 is 1. The van der Waals surface area contributed by atoms with E-state index in [2.05, 4.69) is 42.1 Å². The summed E-state index contributed by atoms with van der Waals surface area (Å²) in [6, 6.07) is 8.12. The molecular formula is C26H40N6O. The van der Waals surface area contributed by atoms with Crippen LogP contribution in [0.25, 0.3) is 5.57 Å². The fourth-order valence-electron chi connectivity index (χ4n) is 3.80. The third kappa shape index (κ3) is 8.53. The second-order valence-electron chi connectivity index (χ2n) is 8.18. The van der Waals surface area contributed by atoms with Gasteiger partial charge >= 0.3 is 0 Å². The van der Waals surface area contributed by atoms with Crippen LogP contribution in [0.5, 0.6) is 0 Å². The van der Waals surface area contributed by atoms with Gasteiger partial charge in [0.05, 0.1) is 13.7 Å². The molecule has 0 amide bonds. The van der Waals surface area contributed by atoms with Crippen LogP contribution in [0, 0.1) is 5.92 Å². The van der Waals surface area contributed by atoms with Crippen molar-refractivity contribution in [3.63, 3.8) is 0 Å². The molecule has 33 heavy (non-hydrogen) atoms. The van der Waals surface area contributed by atoms with Crippen molar-refractivity contribution in [2.45, 2.75) is 32.6 Å². The average molecular weight is 453 g/mol. The average Bonchev–Trinajstić information content (AvgIpc) is 2.83. The number of hydrazine groups is 1. The molecule has 180 valence electrons. The van der Waals surface area contributed by atoms with Crippen molar-refractivity contribution in [3.8, 4) is 0 Å². The minimum atomic E-state index is 0.388. The Bertz CT molecular complexity index is 863. The number of nitrogens with one attached hydrogen (secondary N) is 1. The molecule has 1 aromatic carbocycles.